The van der Waals surface area contributed by atoms with E-state index in [1.807, 2.05) is 6.07 Å². The summed E-state index contributed by atoms with van der Waals surface area (Å²) in [5.41, 5.74) is -0.292. The van der Waals surface area contributed by atoms with Gasteiger partial charge >= 0.3 is 12.0 Å². The number of hydrogen-bond donors (Lipinski definition) is 1. The Morgan fingerprint density at radius 2 is 2.22 bits per heavy atom. The molecule has 1 aliphatic carbocycles. The summed E-state index contributed by atoms with van der Waals surface area (Å²) in [6.45, 7) is 2.19. The number of ether oxygens (including phenoxy) is 1. The fraction of sp³-hybridized carbons (Fsp3) is 0.529. The average molecular weight is 390 g/mol. The van der Waals surface area contributed by atoms with Crippen molar-refractivity contribution in [3.05, 3.63) is 16.1 Å². The smallest absolute Gasteiger partial charge is 0.326 e. The van der Waals surface area contributed by atoms with Crippen molar-refractivity contribution in [1.82, 2.24) is 15.2 Å². The van der Waals surface area contributed by atoms with Gasteiger partial charge in [-0.2, -0.15) is 5.26 Å². The first-order valence-electron chi connectivity index (χ1n) is 8.40. The molecule has 0 bridgehead atoms. The molecule has 3 rings (SSSR count). The van der Waals surface area contributed by atoms with Crippen LogP contribution in [0.3, 0.4) is 0 Å². The van der Waals surface area contributed by atoms with Gasteiger partial charge in [-0.15, -0.1) is 11.3 Å². The number of thiazole rings is 1. The van der Waals surface area contributed by atoms with Gasteiger partial charge in [0.1, 0.15) is 17.1 Å². The predicted molar refractivity (Wildman–Crippen MR) is 92.5 cm³/mol. The minimum Gasteiger partial charge on any atom is -0.456 e. The van der Waals surface area contributed by atoms with E-state index in [4.69, 9.17) is 4.74 Å². The number of nitriles is 1. The van der Waals surface area contributed by atoms with E-state index in [-0.39, 0.29) is 5.92 Å². The second-order valence-electron chi connectivity index (χ2n) is 6.81. The van der Waals surface area contributed by atoms with E-state index in [2.05, 4.69) is 10.3 Å². The second-order valence-corrected chi connectivity index (χ2v) is 7.70. The lowest BCUT2D eigenvalue weighted by molar-refractivity contribution is -0.150. The van der Waals surface area contributed by atoms with Gasteiger partial charge in [0.15, 0.2) is 18.3 Å². The van der Waals surface area contributed by atoms with E-state index in [0.717, 1.165) is 17.7 Å². The highest BCUT2D eigenvalue weighted by Crippen LogP contribution is 2.42. The molecule has 10 heteroatoms. The number of hydrogen-bond acceptors (Lipinski definition) is 8. The number of Topliss-reactive ketones (excluding diaryl/α,β-unsaturated/α-hetero) is 1. The third-order valence-electron chi connectivity index (χ3n) is 4.69. The van der Waals surface area contributed by atoms with E-state index < -0.39 is 48.3 Å². The molecule has 0 unspecified atom stereocenters. The molecular formula is C17H18N4O5S. The fourth-order valence-corrected chi connectivity index (χ4v) is 3.84. The topological polar surface area (TPSA) is 129 Å². The summed E-state index contributed by atoms with van der Waals surface area (Å²) in [6, 6.07) is 1.20. The summed E-state index contributed by atoms with van der Waals surface area (Å²) < 4.78 is 4.88. The molecule has 1 saturated carbocycles. The van der Waals surface area contributed by atoms with Crippen LogP contribution in [0.15, 0.2) is 5.38 Å². The normalized spacial score (nSPS) is 22.9. The summed E-state index contributed by atoms with van der Waals surface area (Å²) in [7, 11) is 0. The molecule has 27 heavy (non-hydrogen) atoms. The van der Waals surface area contributed by atoms with Crippen LogP contribution in [0, 0.1) is 24.2 Å². The third-order valence-corrected chi connectivity index (χ3v) is 5.72. The van der Waals surface area contributed by atoms with Crippen molar-refractivity contribution in [3.8, 4) is 6.07 Å². The first-order chi connectivity index (χ1) is 12.8. The van der Waals surface area contributed by atoms with Crippen molar-refractivity contribution >= 4 is 35.0 Å². The van der Waals surface area contributed by atoms with Crippen LogP contribution in [0.4, 0.5) is 4.79 Å². The Hall–Kier alpha value is -2.80. The van der Waals surface area contributed by atoms with Gasteiger partial charge in [0.05, 0.1) is 6.07 Å². The zero-order chi connectivity index (χ0) is 19.8. The number of esters is 1. The number of nitrogens with zero attached hydrogens (tertiary/aromatic N) is 3. The van der Waals surface area contributed by atoms with Crippen molar-refractivity contribution in [2.45, 2.75) is 38.1 Å². The molecule has 3 amide bonds. The van der Waals surface area contributed by atoms with Crippen molar-refractivity contribution < 1.29 is 23.9 Å². The quantitative estimate of drug-likeness (QED) is 0.540. The molecule has 1 aliphatic heterocycles. The van der Waals surface area contributed by atoms with Gasteiger partial charge < -0.3 is 10.1 Å². The molecule has 9 nitrogen and oxygen atoms in total. The minimum atomic E-state index is -1.12. The number of aryl methyl sites for hydroxylation is 1. The molecular weight excluding hydrogens is 372 g/mol. The molecule has 2 heterocycles. The van der Waals surface area contributed by atoms with E-state index in [9.17, 15) is 24.4 Å². The Labute approximate surface area is 159 Å². The van der Waals surface area contributed by atoms with Gasteiger partial charge in [0.2, 0.25) is 0 Å². The van der Waals surface area contributed by atoms with Crippen molar-refractivity contribution in [2.75, 3.05) is 13.2 Å². The molecule has 1 N–H and O–H groups in total. The first kappa shape index (κ1) is 19.0. The van der Waals surface area contributed by atoms with Crippen LogP contribution in [0.2, 0.25) is 0 Å². The molecule has 142 valence electrons. The minimum absolute atomic E-state index is 0.0784. The monoisotopic (exact) mass is 390 g/mol. The summed E-state index contributed by atoms with van der Waals surface area (Å²) in [4.78, 5) is 53.5. The fourth-order valence-electron chi connectivity index (χ4n) is 2.98. The highest BCUT2D eigenvalue weighted by Gasteiger charge is 2.56. The van der Waals surface area contributed by atoms with Crippen molar-refractivity contribution in [1.29, 1.82) is 5.26 Å². The van der Waals surface area contributed by atoms with Crippen molar-refractivity contribution in [2.24, 2.45) is 5.92 Å². The van der Waals surface area contributed by atoms with Gasteiger partial charge in [0.25, 0.3) is 5.91 Å². The number of rotatable bonds is 7. The van der Waals surface area contributed by atoms with Crippen LogP contribution in [0.1, 0.15) is 36.4 Å². The van der Waals surface area contributed by atoms with Crippen LogP contribution in [0.5, 0.6) is 0 Å². The summed E-state index contributed by atoms with van der Waals surface area (Å²) >= 11 is 1.18. The van der Waals surface area contributed by atoms with Crippen LogP contribution in [0.25, 0.3) is 0 Å². The average Bonchev–Trinajstić information content (AvgIpc) is 3.36. The maximum absolute atomic E-state index is 12.5. The third kappa shape index (κ3) is 3.68. The van der Waals surface area contributed by atoms with E-state index >= 15 is 0 Å². The first-order valence-corrected chi connectivity index (χ1v) is 9.28. The Balaban J connectivity index is 1.55. The zero-order valence-electron chi connectivity index (χ0n) is 14.9. The Kier molecular flexibility index (Phi) is 4.97. The SMILES string of the molecule is Cc1csc([C@H](C#N)C(=O)COC(=O)CN2C(=O)N[C@@](C)(C3CC3)C2=O)n1. The standard InChI is InChI=1S/C17H18N4O5S/c1-9-8-27-14(19-9)11(5-18)12(22)7-26-13(23)6-21-15(24)17(2,10-3-4-10)20-16(21)25/h8,10-11H,3-4,6-7H2,1-2H3,(H,20,25)/t11-,17+/m1/s1. The molecule has 2 fully saturated rings. The lowest BCUT2D eigenvalue weighted by Crippen LogP contribution is -2.46. The number of amides is 3. The number of aromatic nitrogens is 1. The largest absolute Gasteiger partial charge is 0.456 e. The van der Waals surface area contributed by atoms with Gasteiger partial charge in [-0.25, -0.2) is 9.78 Å². The zero-order valence-corrected chi connectivity index (χ0v) is 15.7. The molecule has 0 spiro atoms. The van der Waals surface area contributed by atoms with Crippen LogP contribution in [-0.2, 0) is 19.1 Å². The van der Waals surface area contributed by atoms with Crippen LogP contribution < -0.4 is 5.32 Å². The van der Waals surface area contributed by atoms with Gasteiger partial charge in [-0.1, -0.05) is 0 Å². The highest BCUT2D eigenvalue weighted by molar-refractivity contribution is 7.09. The molecule has 1 aromatic rings. The predicted octanol–water partition coefficient (Wildman–Crippen LogP) is 0.891. The molecule has 2 atom stereocenters. The van der Waals surface area contributed by atoms with Crippen LogP contribution in [-0.4, -0.2) is 52.3 Å². The number of imide groups is 1. The van der Waals surface area contributed by atoms with E-state index in [1.165, 1.54) is 11.3 Å². The van der Waals surface area contributed by atoms with Gasteiger partial charge in [-0.05, 0) is 32.6 Å². The summed E-state index contributed by atoms with van der Waals surface area (Å²) in [5.74, 6) is -3.01. The van der Waals surface area contributed by atoms with Gasteiger partial charge in [-0.3, -0.25) is 19.3 Å². The Morgan fingerprint density at radius 1 is 1.52 bits per heavy atom. The maximum Gasteiger partial charge on any atom is 0.326 e. The lowest BCUT2D eigenvalue weighted by atomic mass is 9.96. The molecule has 0 radical (unpaired) electrons. The Bertz CT molecular complexity index is 856. The van der Waals surface area contributed by atoms with Crippen molar-refractivity contribution in [3.63, 3.8) is 0 Å². The highest BCUT2D eigenvalue weighted by atomic mass is 32.1. The maximum atomic E-state index is 12.5. The Morgan fingerprint density at radius 3 is 2.78 bits per heavy atom. The lowest BCUT2D eigenvalue weighted by Gasteiger charge is -2.20. The second kappa shape index (κ2) is 7.08. The number of carbonyl (C=O) groups is 4. The number of carbonyl (C=O) groups excluding carboxylic acids is 4. The molecule has 1 aromatic heterocycles. The summed E-state index contributed by atoms with van der Waals surface area (Å²) in [6.07, 6.45) is 1.70. The van der Waals surface area contributed by atoms with E-state index in [1.54, 1.807) is 19.2 Å². The number of nitrogens with one attached hydrogen (secondary N) is 1. The molecule has 0 aromatic carbocycles. The van der Waals surface area contributed by atoms with Crippen LogP contribution >= 0.6 is 11.3 Å². The molecule has 1 saturated heterocycles. The van der Waals surface area contributed by atoms with E-state index in [0.29, 0.717) is 10.7 Å². The molecule has 2 aliphatic rings. The number of urea groups is 1. The van der Waals surface area contributed by atoms with Gasteiger partial charge in [0, 0.05) is 11.1 Å². The number of ketones is 1. The summed E-state index contributed by atoms with van der Waals surface area (Å²) in [5, 5.41) is 13.9.